The largest absolute Gasteiger partial charge is 0.496 e. The van der Waals surface area contributed by atoms with E-state index < -0.39 is 0 Å². The van der Waals surface area contributed by atoms with Crippen LogP contribution in [0.4, 0.5) is 0 Å². The van der Waals surface area contributed by atoms with Crippen LogP contribution in [0.15, 0.2) is 29.3 Å². The summed E-state index contributed by atoms with van der Waals surface area (Å²) in [5.41, 5.74) is 6.67. The van der Waals surface area contributed by atoms with E-state index in [-0.39, 0.29) is 24.3 Å². The fraction of sp³-hybridized carbons (Fsp3) is 0.167. The number of methoxy groups -OCH3 is 1. The lowest BCUT2D eigenvalue weighted by molar-refractivity contribution is 0.0972. The number of nitrogens with two attached hydrogens (primary N) is 1. The minimum absolute atomic E-state index is 0. The number of carbonyl (C=O) groups excluding carboxylic acids is 1. The highest BCUT2D eigenvalue weighted by Crippen LogP contribution is 2.25. The molecule has 1 heterocycles. The Morgan fingerprint density at radius 3 is 2.84 bits per heavy atom. The van der Waals surface area contributed by atoms with E-state index in [4.69, 9.17) is 10.5 Å². The third-order valence-corrected chi connectivity index (χ3v) is 2.57. The summed E-state index contributed by atoms with van der Waals surface area (Å²) in [4.78, 5) is 18.5. The Labute approximate surface area is 116 Å². The number of amides is 1. The summed E-state index contributed by atoms with van der Waals surface area (Å²) in [6.45, 7) is 0. The van der Waals surface area contributed by atoms with Crippen LogP contribution in [0.25, 0.3) is 10.9 Å². The van der Waals surface area contributed by atoms with Crippen LogP contribution in [0.2, 0.25) is 0 Å². The Kier molecular flexibility index (Phi) is 4.77. The van der Waals surface area contributed by atoms with Gasteiger partial charge in [0.05, 0.1) is 7.11 Å². The van der Waals surface area contributed by atoms with Crippen molar-refractivity contribution in [3.8, 4) is 5.75 Å². The van der Waals surface area contributed by atoms with Gasteiger partial charge in [0.25, 0.3) is 5.91 Å². The molecule has 19 heavy (non-hydrogen) atoms. The molecule has 0 atom stereocenters. The van der Waals surface area contributed by atoms with Gasteiger partial charge in [0, 0.05) is 18.0 Å². The van der Waals surface area contributed by atoms with Gasteiger partial charge in [-0.2, -0.15) is 0 Å². The summed E-state index contributed by atoms with van der Waals surface area (Å²) in [5.74, 6) is 0.446. The molecule has 6 nitrogen and oxygen atoms in total. The molecule has 102 valence electrons. The number of fused-ring (bicyclic) bond motifs is 1. The van der Waals surface area contributed by atoms with Crippen molar-refractivity contribution in [1.29, 1.82) is 0 Å². The van der Waals surface area contributed by atoms with Crippen molar-refractivity contribution in [3.63, 3.8) is 0 Å². The maximum absolute atomic E-state index is 11.8. The number of aliphatic imine (C=N–C) groups is 1. The molecule has 0 saturated heterocycles. The molecule has 0 fully saturated rings. The second-order valence-electron chi connectivity index (χ2n) is 3.67. The second-order valence-corrected chi connectivity index (χ2v) is 3.67. The molecule has 1 aromatic carbocycles. The lowest BCUT2D eigenvalue weighted by Crippen LogP contribution is -2.36. The first kappa shape index (κ1) is 14.8. The van der Waals surface area contributed by atoms with E-state index in [1.54, 1.807) is 13.2 Å². The first-order valence-electron chi connectivity index (χ1n) is 5.35. The number of aromatic amines is 1. The standard InChI is InChI=1S/C12H14N4O2.ClH/c1-14-12(13)16-11(17)9-6-7-8(15-9)4-3-5-10(7)18-2;/h3-6,15H,1-2H3,(H3,13,14,16,17);1H. The van der Waals surface area contributed by atoms with Crippen molar-refractivity contribution in [2.45, 2.75) is 0 Å². The molecular formula is C12H15ClN4O2. The van der Waals surface area contributed by atoms with E-state index >= 15 is 0 Å². The number of hydrogen-bond acceptors (Lipinski definition) is 3. The molecular weight excluding hydrogens is 268 g/mol. The SMILES string of the molecule is CN=C(N)NC(=O)c1cc2c(OC)cccc2[nH]1.Cl. The fourth-order valence-electron chi connectivity index (χ4n) is 1.67. The molecule has 0 aliphatic heterocycles. The summed E-state index contributed by atoms with van der Waals surface area (Å²) < 4.78 is 5.22. The summed E-state index contributed by atoms with van der Waals surface area (Å²) in [6, 6.07) is 7.26. The van der Waals surface area contributed by atoms with Crippen LogP contribution >= 0.6 is 12.4 Å². The molecule has 0 saturated carbocycles. The van der Waals surface area contributed by atoms with Gasteiger partial charge < -0.3 is 15.5 Å². The summed E-state index contributed by atoms with van der Waals surface area (Å²) in [6.07, 6.45) is 0. The molecule has 0 unspecified atom stereocenters. The van der Waals surface area contributed by atoms with Gasteiger partial charge in [-0.15, -0.1) is 12.4 Å². The zero-order valence-electron chi connectivity index (χ0n) is 10.6. The number of carbonyl (C=O) groups is 1. The van der Waals surface area contributed by atoms with Crippen LogP contribution < -0.4 is 15.8 Å². The number of rotatable bonds is 2. The van der Waals surface area contributed by atoms with Gasteiger partial charge in [-0.25, -0.2) is 0 Å². The predicted octanol–water partition coefficient (Wildman–Crippen LogP) is 1.27. The number of aromatic nitrogens is 1. The van der Waals surface area contributed by atoms with E-state index in [2.05, 4.69) is 15.3 Å². The Balaban J connectivity index is 0.00000180. The zero-order valence-corrected chi connectivity index (χ0v) is 11.4. The molecule has 1 aromatic heterocycles. The molecule has 1 amide bonds. The van der Waals surface area contributed by atoms with E-state index in [1.807, 2.05) is 18.2 Å². The van der Waals surface area contributed by atoms with Gasteiger partial charge in [-0.05, 0) is 18.2 Å². The van der Waals surface area contributed by atoms with Gasteiger partial charge in [-0.1, -0.05) is 6.07 Å². The number of H-pyrrole nitrogens is 1. The topological polar surface area (TPSA) is 92.5 Å². The zero-order chi connectivity index (χ0) is 13.1. The van der Waals surface area contributed by atoms with Gasteiger partial charge in [0.1, 0.15) is 11.4 Å². The fourth-order valence-corrected chi connectivity index (χ4v) is 1.67. The molecule has 0 bridgehead atoms. The van der Waals surface area contributed by atoms with Crippen LogP contribution in [-0.2, 0) is 0 Å². The molecule has 2 rings (SSSR count). The van der Waals surface area contributed by atoms with Crippen LogP contribution in [0.1, 0.15) is 10.5 Å². The first-order valence-corrected chi connectivity index (χ1v) is 5.35. The van der Waals surface area contributed by atoms with Gasteiger partial charge in [-0.3, -0.25) is 15.1 Å². The molecule has 0 radical (unpaired) electrons. The predicted molar refractivity (Wildman–Crippen MR) is 77.1 cm³/mol. The minimum atomic E-state index is -0.337. The highest BCUT2D eigenvalue weighted by Gasteiger charge is 2.12. The van der Waals surface area contributed by atoms with Crippen molar-refractivity contribution in [3.05, 3.63) is 30.0 Å². The molecule has 0 spiro atoms. The van der Waals surface area contributed by atoms with Crippen molar-refractivity contribution >= 4 is 35.2 Å². The lowest BCUT2D eigenvalue weighted by atomic mass is 10.2. The first-order chi connectivity index (χ1) is 8.65. The Morgan fingerprint density at radius 2 is 2.21 bits per heavy atom. The van der Waals surface area contributed by atoms with Gasteiger partial charge in [0.2, 0.25) is 0 Å². The van der Waals surface area contributed by atoms with E-state index in [1.165, 1.54) is 7.05 Å². The number of nitrogens with zero attached hydrogens (tertiary/aromatic N) is 1. The Hall–Kier alpha value is -2.21. The van der Waals surface area contributed by atoms with E-state index in [0.29, 0.717) is 11.4 Å². The number of benzene rings is 1. The molecule has 2 aromatic rings. The average molecular weight is 283 g/mol. The smallest absolute Gasteiger partial charge is 0.274 e. The molecule has 4 N–H and O–H groups in total. The maximum Gasteiger partial charge on any atom is 0.274 e. The number of nitrogens with one attached hydrogen (secondary N) is 2. The van der Waals surface area contributed by atoms with Crippen LogP contribution in [0, 0.1) is 0 Å². The summed E-state index contributed by atoms with van der Waals surface area (Å²) in [7, 11) is 3.09. The number of guanidine groups is 1. The summed E-state index contributed by atoms with van der Waals surface area (Å²) in [5, 5.41) is 3.31. The van der Waals surface area contributed by atoms with Gasteiger partial charge in [0.15, 0.2) is 5.96 Å². The lowest BCUT2D eigenvalue weighted by Gasteiger charge is -2.00. The second kappa shape index (κ2) is 6.10. The van der Waals surface area contributed by atoms with Crippen molar-refractivity contribution < 1.29 is 9.53 Å². The highest BCUT2D eigenvalue weighted by atomic mass is 35.5. The number of ether oxygens (including phenoxy) is 1. The quantitative estimate of drug-likeness (QED) is 0.572. The van der Waals surface area contributed by atoms with Crippen molar-refractivity contribution in [2.75, 3.05) is 14.2 Å². The Morgan fingerprint density at radius 1 is 1.47 bits per heavy atom. The number of hydrogen-bond donors (Lipinski definition) is 3. The molecule has 0 aliphatic rings. The van der Waals surface area contributed by atoms with Crippen molar-refractivity contribution in [1.82, 2.24) is 10.3 Å². The molecule has 7 heteroatoms. The van der Waals surface area contributed by atoms with Crippen LogP contribution in [0.5, 0.6) is 5.75 Å². The van der Waals surface area contributed by atoms with Crippen LogP contribution in [0.3, 0.4) is 0 Å². The Bertz CT molecular complexity index is 621. The number of halogens is 1. The average Bonchev–Trinajstić information content (AvgIpc) is 2.82. The highest BCUT2D eigenvalue weighted by molar-refractivity contribution is 6.07. The molecule has 0 aliphatic carbocycles. The van der Waals surface area contributed by atoms with Crippen molar-refractivity contribution in [2.24, 2.45) is 10.7 Å². The van der Waals surface area contributed by atoms with E-state index in [9.17, 15) is 4.79 Å². The minimum Gasteiger partial charge on any atom is -0.496 e. The third-order valence-electron chi connectivity index (χ3n) is 2.57. The normalized spacial score (nSPS) is 10.9. The summed E-state index contributed by atoms with van der Waals surface area (Å²) >= 11 is 0. The van der Waals surface area contributed by atoms with Crippen LogP contribution in [-0.4, -0.2) is 31.0 Å². The van der Waals surface area contributed by atoms with Gasteiger partial charge >= 0.3 is 0 Å². The monoisotopic (exact) mass is 282 g/mol. The third kappa shape index (κ3) is 2.97. The van der Waals surface area contributed by atoms with E-state index in [0.717, 1.165) is 10.9 Å². The maximum atomic E-state index is 11.8.